The van der Waals surface area contributed by atoms with Crippen molar-refractivity contribution in [3.05, 3.63) is 36.5 Å². The van der Waals surface area contributed by atoms with Crippen LogP contribution < -0.4 is 0 Å². The number of rotatable bonds is 42. The summed E-state index contributed by atoms with van der Waals surface area (Å²) in [5.74, 6) is -0.902. The Morgan fingerprint density at radius 1 is 0.382 bits per heavy atom. The van der Waals surface area contributed by atoms with Gasteiger partial charge in [0.2, 0.25) is 0 Å². The highest BCUT2D eigenvalue weighted by Crippen LogP contribution is 2.15. The predicted molar refractivity (Wildman–Crippen MR) is 233 cm³/mol. The molecule has 6 heteroatoms. The van der Waals surface area contributed by atoms with Crippen molar-refractivity contribution in [1.82, 2.24) is 0 Å². The number of unbranched alkanes of at least 4 members (excludes halogenated alkanes) is 25. The van der Waals surface area contributed by atoms with Crippen molar-refractivity contribution in [2.75, 3.05) is 13.2 Å². The molecule has 0 aliphatic heterocycles. The van der Waals surface area contributed by atoms with Crippen LogP contribution in [0.15, 0.2) is 36.5 Å². The van der Waals surface area contributed by atoms with Crippen LogP contribution in [0.4, 0.5) is 0 Å². The average Bonchev–Trinajstić information content (AvgIpc) is 3.18. The molecule has 0 aromatic carbocycles. The minimum atomic E-state index is -0.777. The zero-order chi connectivity index (χ0) is 40.1. The maximum Gasteiger partial charge on any atom is 0.306 e. The lowest BCUT2D eigenvalue weighted by atomic mass is 10.0. The topological polar surface area (TPSA) is 78.9 Å². The molecule has 0 heterocycles. The predicted octanol–water partition coefficient (Wildman–Crippen LogP) is 15.0. The Hall–Kier alpha value is -2.37. The standard InChI is InChI=1S/C49H88O6/c1-4-7-10-13-16-19-21-23-24-26-28-31-34-37-40-43-49(52)55-46(44-53-47(50)41-38-35-32-29-18-15-12-9-6-3)45-54-48(51)42-39-36-33-30-27-25-22-20-17-14-11-8-5-2/h9,12,16,19,23-24,46H,4-8,10-11,13-15,17-18,20-22,25-45H2,1-3H3. The summed E-state index contributed by atoms with van der Waals surface area (Å²) in [5, 5.41) is 0. The second-order valence-corrected chi connectivity index (χ2v) is 15.6. The SMILES string of the molecule is CCC=CCCCCCCCC(=O)OCC(COC(=O)CCCCCCCCCCCCCCC)OC(=O)CCCCCCCC=CCC=CCCCCC. The summed E-state index contributed by atoms with van der Waals surface area (Å²) < 4.78 is 16.7. The molecular weight excluding hydrogens is 685 g/mol. The van der Waals surface area contributed by atoms with E-state index in [-0.39, 0.29) is 31.1 Å². The first kappa shape index (κ1) is 52.6. The number of hydrogen-bond donors (Lipinski definition) is 0. The number of carbonyl (C=O) groups excluding carboxylic acids is 3. The molecule has 0 N–H and O–H groups in total. The molecule has 0 aromatic heterocycles. The van der Waals surface area contributed by atoms with E-state index in [0.717, 1.165) is 96.3 Å². The van der Waals surface area contributed by atoms with Crippen LogP contribution in [0.1, 0.15) is 239 Å². The van der Waals surface area contributed by atoms with E-state index >= 15 is 0 Å². The summed E-state index contributed by atoms with van der Waals surface area (Å²) >= 11 is 0. The number of hydrogen-bond acceptors (Lipinski definition) is 6. The van der Waals surface area contributed by atoms with Gasteiger partial charge in [-0.2, -0.15) is 0 Å². The Balaban J connectivity index is 4.36. The second-order valence-electron chi connectivity index (χ2n) is 15.6. The molecule has 320 valence electrons. The molecule has 0 rings (SSSR count). The van der Waals surface area contributed by atoms with E-state index < -0.39 is 6.10 Å². The van der Waals surface area contributed by atoms with Gasteiger partial charge < -0.3 is 14.2 Å². The fourth-order valence-electron chi connectivity index (χ4n) is 6.59. The fraction of sp³-hybridized carbons (Fsp3) is 0.816. The lowest BCUT2D eigenvalue weighted by Gasteiger charge is -2.18. The van der Waals surface area contributed by atoms with E-state index in [9.17, 15) is 14.4 Å². The highest BCUT2D eigenvalue weighted by molar-refractivity contribution is 5.71. The van der Waals surface area contributed by atoms with Crippen LogP contribution >= 0.6 is 0 Å². The van der Waals surface area contributed by atoms with Gasteiger partial charge in [0.25, 0.3) is 0 Å². The summed E-state index contributed by atoms with van der Waals surface area (Å²) in [5.41, 5.74) is 0. The Morgan fingerprint density at radius 3 is 1.13 bits per heavy atom. The summed E-state index contributed by atoms with van der Waals surface area (Å²) in [7, 11) is 0. The monoisotopic (exact) mass is 773 g/mol. The van der Waals surface area contributed by atoms with Crippen molar-refractivity contribution in [3.8, 4) is 0 Å². The summed E-state index contributed by atoms with van der Waals surface area (Å²) in [6, 6.07) is 0. The van der Waals surface area contributed by atoms with Gasteiger partial charge in [0.05, 0.1) is 0 Å². The van der Waals surface area contributed by atoms with Crippen LogP contribution in [0.3, 0.4) is 0 Å². The highest BCUT2D eigenvalue weighted by Gasteiger charge is 2.19. The molecule has 1 unspecified atom stereocenters. The van der Waals surface area contributed by atoms with Crippen molar-refractivity contribution in [2.45, 2.75) is 245 Å². The van der Waals surface area contributed by atoms with Crippen LogP contribution in [-0.2, 0) is 28.6 Å². The van der Waals surface area contributed by atoms with Gasteiger partial charge in [-0.15, -0.1) is 0 Å². The first-order valence-corrected chi connectivity index (χ1v) is 23.5. The van der Waals surface area contributed by atoms with Crippen molar-refractivity contribution in [3.63, 3.8) is 0 Å². The molecule has 1 atom stereocenters. The Bertz CT molecular complexity index is 938. The Labute approximate surface area is 340 Å². The normalized spacial score (nSPS) is 12.3. The largest absolute Gasteiger partial charge is 0.462 e. The van der Waals surface area contributed by atoms with Crippen molar-refractivity contribution in [2.24, 2.45) is 0 Å². The lowest BCUT2D eigenvalue weighted by Crippen LogP contribution is -2.30. The first-order chi connectivity index (χ1) is 27.0. The molecule has 0 saturated carbocycles. The molecule has 0 fully saturated rings. The summed E-state index contributed by atoms with van der Waals surface area (Å²) in [4.78, 5) is 37.7. The van der Waals surface area contributed by atoms with Gasteiger partial charge >= 0.3 is 17.9 Å². The van der Waals surface area contributed by atoms with Crippen LogP contribution in [0.2, 0.25) is 0 Å². The van der Waals surface area contributed by atoms with E-state index in [2.05, 4.69) is 57.2 Å². The first-order valence-electron chi connectivity index (χ1n) is 23.5. The van der Waals surface area contributed by atoms with Gasteiger partial charge in [-0.25, -0.2) is 0 Å². The van der Waals surface area contributed by atoms with Crippen LogP contribution in [0.5, 0.6) is 0 Å². The highest BCUT2D eigenvalue weighted by atomic mass is 16.6. The van der Waals surface area contributed by atoms with Gasteiger partial charge in [0.1, 0.15) is 13.2 Å². The van der Waals surface area contributed by atoms with Gasteiger partial charge in [0.15, 0.2) is 6.10 Å². The second kappa shape index (κ2) is 44.3. The number of ether oxygens (including phenoxy) is 3. The minimum absolute atomic E-state index is 0.0784. The molecule has 55 heavy (non-hydrogen) atoms. The van der Waals surface area contributed by atoms with E-state index in [1.165, 1.54) is 103 Å². The average molecular weight is 773 g/mol. The van der Waals surface area contributed by atoms with Crippen molar-refractivity contribution in [1.29, 1.82) is 0 Å². The molecule has 0 bridgehead atoms. The van der Waals surface area contributed by atoms with Gasteiger partial charge in [-0.05, 0) is 70.6 Å². The molecule has 0 spiro atoms. The maximum atomic E-state index is 12.7. The molecule has 6 nitrogen and oxygen atoms in total. The van der Waals surface area contributed by atoms with Crippen LogP contribution in [0, 0.1) is 0 Å². The van der Waals surface area contributed by atoms with E-state index in [1.54, 1.807) is 0 Å². The van der Waals surface area contributed by atoms with E-state index in [4.69, 9.17) is 14.2 Å². The van der Waals surface area contributed by atoms with Crippen LogP contribution in [0.25, 0.3) is 0 Å². The Morgan fingerprint density at radius 2 is 0.709 bits per heavy atom. The smallest absolute Gasteiger partial charge is 0.306 e. The summed E-state index contributed by atoms with van der Waals surface area (Å²) in [6.07, 6.45) is 49.8. The number of allylic oxidation sites excluding steroid dienone is 6. The molecule has 0 aromatic rings. The van der Waals surface area contributed by atoms with Gasteiger partial charge in [-0.1, -0.05) is 186 Å². The molecule has 0 amide bonds. The van der Waals surface area contributed by atoms with Crippen LogP contribution in [-0.4, -0.2) is 37.2 Å². The maximum absolute atomic E-state index is 12.7. The molecule has 0 aliphatic rings. The molecule has 0 saturated heterocycles. The molecule has 0 radical (unpaired) electrons. The Kier molecular flexibility index (Phi) is 42.4. The third kappa shape index (κ3) is 42.6. The quantitative estimate of drug-likeness (QED) is 0.0266. The number of carbonyl (C=O) groups is 3. The summed E-state index contributed by atoms with van der Waals surface area (Å²) in [6.45, 7) is 6.49. The zero-order valence-corrected chi connectivity index (χ0v) is 36.4. The van der Waals surface area contributed by atoms with Gasteiger partial charge in [0, 0.05) is 19.3 Å². The lowest BCUT2D eigenvalue weighted by molar-refractivity contribution is -0.167. The number of esters is 3. The zero-order valence-electron chi connectivity index (χ0n) is 36.4. The van der Waals surface area contributed by atoms with Crippen molar-refractivity contribution >= 4 is 17.9 Å². The van der Waals surface area contributed by atoms with E-state index in [1.807, 2.05) is 0 Å². The van der Waals surface area contributed by atoms with E-state index in [0.29, 0.717) is 19.3 Å². The molecular formula is C49H88O6. The van der Waals surface area contributed by atoms with Gasteiger partial charge in [-0.3, -0.25) is 14.4 Å². The third-order valence-electron chi connectivity index (χ3n) is 10.1. The minimum Gasteiger partial charge on any atom is -0.462 e. The molecule has 0 aliphatic carbocycles. The fourth-order valence-corrected chi connectivity index (χ4v) is 6.59. The third-order valence-corrected chi connectivity index (χ3v) is 10.1. The van der Waals surface area contributed by atoms with Crippen molar-refractivity contribution < 1.29 is 28.6 Å².